The highest BCUT2D eigenvalue weighted by molar-refractivity contribution is 7.92. The first-order chi connectivity index (χ1) is 19.0. The van der Waals surface area contributed by atoms with Crippen LogP contribution in [0.3, 0.4) is 0 Å². The Balaban J connectivity index is 1.39. The van der Waals surface area contributed by atoms with Crippen LogP contribution in [-0.2, 0) is 42.1 Å². The second kappa shape index (κ2) is 11.2. The predicted molar refractivity (Wildman–Crippen MR) is 155 cm³/mol. The summed E-state index contributed by atoms with van der Waals surface area (Å²) in [5, 5.41) is 5.78. The van der Waals surface area contributed by atoms with Gasteiger partial charge in [-0.25, -0.2) is 16.8 Å². The number of anilines is 2. The van der Waals surface area contributed by atoms with Crippen LogP contribution in [-0.4, -0.2) is 98.7 Å². The highest BCUT2D eigenvalue weighted by Gasteiger charge is 2.58. The maximum absolute atomic E-state index is 13.2. The van der Waals surface area contributed by atoms with Crippen LogP contribution in [0.25, 0.3) is 0 Å². The van der Waals surface area contributed by atoms with Gasteiger partial charge in [0.05, 0.1) is 36.1 Å². The van der Waals surface area contributed by atoms with E-state index in [0.717, 1.165) is 24.0 Å². The minimum Gasteiger partial charge on any atom is -0.325 e. The van der Waals surface area contributed by atoms with Crippen molar-refractivity contribution in [3.05, 3.63) is 59.7 Å². The molecule has 0 spiro atoms. The predicted octanol–water partition coefficient (Wildman–Crippen LogP) is 1.34. The molecule has 0 aromatic heterocycles. The molecule has 4 atom stereocenters. The van der Waals surface area contributed by atoms with Crippen molar-refractivity contribution < 1.29 is 26.4 Å². The topological polar surface area (TPSA) is 133 Å². The molecule has 0 radical (unpaired) electrons. The number of aryl methyl sites for hydroxylation is 2. The minimum atomic E-state index is -3.46. The van der Waals surface area contributed by atoms with Gasteiger partial charge in [0.15, 0.2) is 19.7 Å². The number of fused-ring (bicyclic) bond motifs is 2. The van der Waals surface area contributed by atoms with Gasteiger partial charge < -0.3 is 10.6 Å². The zero-order valence-corrected chi connectivity index (χ0v) is 24.4. The van der Waals surface area contributed by atoms with Gasteiger partial charge in [0.2, 0.25) is 11.8 Å². The lowest BCUT2D eigenvalue weighted by Gasteiger charge is -2.50. The molecule has 2 N–H and O–H groups in total. The van der Waals surface area contributed by atoms with Gasteiger partial charge in [0.1, 0.15) is 0 Å². The standard InChI is InChI=1S/C28H36N4O6S2/c1-3-19-7-5-9-21(11-19)29-27(33)13-31-23-15-39(35,36)17-25(23)32(26-18-40(37,38)16-24(26)31)14-28(34)30-22-10-6-8-20(4-2)12-22/h5-12,23-26H,3-4,13-18H2,1-2H3,(H,29,33)(H,30,34). The summed E-state index contributed by atoms with van der Waals surface area (Å²) in [7, 11) is -6.92. The number of nitrogens with one attached hydrogen (secondary N) is 2. The molecular formula is C28H36N4O6S2. The fourth-order valence-corrected chi connectivity index (χ4v) is 10.3. The van der Waals surface area contributed by atoms with E-state index in [0.29, 0.717) is 11.4 Å². The second-order valence-corrected chi connectivity index (χ2v) is 15.3. The highest BCUT2D eigenvalue weighted by Crippen LogP contribution is 2.37. The zero-order chi connectivity index (χ0) is 28.7. The lowest BCUT2D eigenvalue weighted by atomic mass is 9.94. The normalized spacial score (nSPS) is 27.1. The number of nitrogens with zero attached hydrogens (tertiary/aromatic N) is 2. The number of amides is 2. The zero-order valence-electron chi connectivity index (χ0n) is 22.7. The molecular weight excluding hydrogens is 552 g/mol. The van der Waals surface area contributed by atoms with Crippen LogP contribution in [0.4, 0.5) is 11.4 Å². The van der Waals surface area contributed by atoms with Gasteiger partial charge in [-0.3, -0.25) is 19.4 Å². The van der Waals surface area contributed by atoms with E-state index in [-0.39, 0.29) is 47.9 Å². The Labute approximate surface area is 236 Å². The number of rotatable bonds is 8. The van der Waals surface area contributed by atoms with E-state index in [1.165, 1.54) is 0 Å². The number of carbonyl (C=O) groups is 2. The molecule has 3 heterocycles. The summed E-state index contributed by atoms with van der Waals surface area (Å²) in [6.45, 7) is 3.77. The molecule has 3 aliphatic heterocycles. The number of benzene rings is 2. The summed E-state index contributed by atoms with van der Waals surface area (Å²) in [6.07, 6.45) is 1.62. The Hall–Kier alpha value is -2.80. The summed E-state index contributed by atoms with van der Waals surface area (Å²) in [6, 6.07) is 12.6. The SMILES string of the molecule is CCc1cccc(NC(=O)CN2C3CS(=O)(=O)CC3N(CC(=O)Nc3cccc(CC)c3)C3CS(=O)(=O)CC32)c1. The van der Waals surface area contributed by atoms with Crippen molar-refractivity contribution in [2.75, 3.05) is 46.7 Å². The van der Waals surface area contributed by atoms with E-state index in [1.54, 1.807) is 21.9 Å². The van der Waals surface area contributed by atoms with Crippen molar-refractivity contribution >= 4 is 42.9 Å². The van der Waals surface area contributed by atoms with Gasteiger partial charge >= 0.3 is 0 Å². The first-order valence-electron chi connectivity index (χ1n) is 13.7. The molecule has 5 rings (SSSR count). The van der Waals surface area contributed by atoms with E-state index >= 15 is 0 Å². The van der Waals surface area contributed by atoms with Crippen LogP contribution in [0.2, 0.25) is 0 Å². The third-order valence-corrected chi connectivity index (χ3v) is 11.6. The van der Waals surface area contributed by atoms with Crippen molar-refractivity contribution in [2.24, 2.45) is 0 Å². The van der Waals surface area contributed by atoms with Gasteiger partial charge in [-0.15, -0.1) is 0 Å². The van der Waals surface area contributed by atoms with Crippen LogP contribution in [0, 0.1) is 0 Å². The molecule has 3 saturated heterocycles. The first-order valence-corrected chi connectivity index (χ1v) is 17.3. The lowest BCUT2D eigenvalue weighted by Crippen LogP contribution is -2.69. The molecule has 2 amide bonds. The molecule has 0 aliphatic carbocycles. The molecule has 0 bridgehead atoms. The fourth-order valence-electron chi connectivity index (χ4n) is 6.32. The minimum absolute atomic E-state index is 0.131. The Morgan fingerprint density at radius 1 is 0.675 bits per heavy atom. The van der Waals surface area contributed by atoms with Gasteiger partial charge in [-0.1, -0.05) is 38.1 Å². The molecule has 12 heteroatoms. The van der Waals surface area contributed by atoms with Crippen LogP contribution < -0.4 is 10.6 Å². The highest BCUT2D eigenvalue weighted by atomic mass is 32.2. The van der Waals surface area contributed by atoms with Crippen molar-refractivity contribution in [3.63, 3.8) is 0 Å². The maximum Gasteiger partial charge on any atom is 0.238 e. The smallest absolute Gasteiger partial charge is 0.238 e. The van der Waals surface area contributed by atoms with Crippen LogP contribution in [0.5, 0.6) is 0 Å². The summed E-state index contributed by atoms with van der Waals surface area (Å²) < 4.78 is 51.4. The maximum atomic E-state index is 13.2. The van der Waals surface area contributed by atoms with E-state index in [4.69, 9.17) is 0 Å². The average Bonchev–Trinajstić information content (AvgIpc) is 3.40. The van der Waals surface area contributed by atoms with Crippen LogP contribution in [0.15, 0.2) is 48.5 Å². The molecule has 3 aliphatic rings. The summed E-state index contributed by atoms with van der Waals surface area (Å²) >= 11 is 0. The lowest BCUT2D eigenvalue weighted by molar-refractivity contribution is -0.125. The third-order valence-electron chi connectivity index (χ3n) is 8.18. The molecule has 2 aromatic rings. The molecule has 40 heavy (non-hydrogen) atoms. The average molecular weight is 589 g/mol. The van der Waals surface area contributed by atoms with E-state index in [2.05, 4.69) is 10.6 Å². The van der Waals surface area contributed by atoms with E-state index in [9.17, 15) is 26.4 Å². The van der Waals surface area contributed by atoms with Crippen LogP contribution >= 0.6 is 0 Å². The second-order valence-electron chi connectivity index (χ2n) is 11.0. The molecule has 10 nitrogen and oxygen atoms in total. The fraction of sp³-hybridized carbons (Fsp3) is 0.500. The largest absolute Gasteiger partial charge is 0.325 e. The summed E-state index contributed by atoms with van der Waals surface area (Å²) in [4.78, 5) is 29.9. The summed E-state index contributed by atoms with van der Waals surface area (Å²) in [5.41, 5.74) is 3.40. The molecule has 3 fully saturated rings. The van der Waals surface area contributed by atoms with Gasteiger partial charge in [0.25, 0.3) is 0 Å². The Morgan fingerprint density at radius 2 is 1.02 bits per heavy atom. The first kappa shape index (κ1) is 28.7. The number of hydrogen-bond donors (Lipinski definition) is 2. The van der Waals surface area contributed by atoms with Gasteiger partial charge in [-0.2, -0.15) is 0 Å². The Bertz CT molecular complexity index is 1360. The van der Waals surface area contributed by atoms with Crippen molar-refractivity contribution in [2.45, 2.75) is 50.9 Å². The quantitative estimate of drug-likeness (QED) is 0.472. The number of sulfone groups is 2. The van der Waals surface area contributed by atoms with Crippen LogP contribution in [0.1, 0.15) is 25.0 Å². The number of piperazine rings is 1. The Morgan fingerprint density at radius 3 is 1.35 bits per heavy atom. The number of hydrogen-bond acceptors (Lipinski definition) is 8. The van der Waals surface area contributed by atoms with Crippen molar-refractivity contribution in [3.8, 4) is 0 Å². The Kier molecular flexibility index (Phi) is 8.06. The molecule has 4 unspecified atom stereocenters. The van der Waals surface area contributed by atoms with Crippen molar-refractivity contribution in [1.29, 1.82) is 0 Å². The summed E-state index contributed by atoms with van der Waals surface area (Å²) in [5.74, 6) is -1.40. The van der Waals surface area contributed by atoms with E-state index < -0.39 is 43.8 Å². The van der Waals surface area contributed by atoms with Gasteiger partial charge in [-0.05, 0) is 48.2 Å². The van der Waals surface area contributed by atoms with Crippen molar-refractivity contribution in [1.82, 2.24) is 9.80 Å². The molecule has 216 valence electrons. The number of carbonyl (C=O) groups excluding carboxylic acids is 2. The van der Waals surface area contributed by atoms with Gasteiger partial charge in [0, 0.05) is 35.5 Å². The third kappa shape index (κ3) is 6.24. The molecule has 0 saturated carbocycles. The van der Waals surface area contributed by atoms with E-state index in [1.807, 2.05) is 50.2 Å². The monoisotopic (exact) mass is 588 g/mol. The molecule has 2 aromatic carbocycles.